The molecule has 1 aliphatic heterocycles. The van der Waals surface area contributed by atoms with Crippen LogP contribution in [0.2, 0.25) is 0 Å². The van der Waals surface area contributed by atoms with Gasteiger partial charge in [0.25, 0.3) is 0 Å². The van der Waals surface area contributed by atoms with E-state index in [2.05, 4.69) is 50.5 Å². The first-order chi connectivity index (χ1) is 15.1. The molecule has 0 unspecified atom stereocenters. The van der Waals surface area contributed by atoms with Crippen LogP contribution in [-0.2, 0) is 11.3 Å². The van der Waals surface area contributed by atoms with Gasteiger partial charge in [-0.3, -0.25) is 15.8 Å². The highest BCUT2D eigenvalue weighted by atomic mass is 16.5. The van der Waals surface area contributed by atoms with E-state index in [0.29, 0.717) is 25.7 Å². The Balaban J connectivity index is 1.42. The number of amidine groups is 1. The monoisotopic (exact) mass is 430 g/mol. The van der Waals surface area contributed by atoms with Gasteiger partial charge in [0.2, 0.25) is 0 Å². The molecule has 172 valence electrons. The first kappa shape index (κ1) is 24.5. The summed E-state index contributed by atoms with van der Waals surface area (Å²) in [5.41, 5.74) is 7.48. The largest absolute Gasteiger partial charge is 0.375 e. The summed E-state index contributed by atoms with van der Waals surface area (Å²) in [7, 11) is 0. The van der Waals surface area contributed by atoms with E-state index in [1.807, 2.05) is 0 Å². The molecule has 0 amide bonds. The molecule has 0 spiro atoms. The van der Waals surface area contributed by atoms with Gasteiger partial charge in [0.15, 0.2) is 11.9 Å². The van der Waals surface area contributed by atoms with E-state index in [9.17, 15) is 0 Å². The highest BCUT2D eigenvalue weighted by molar-refractivity contribution is 5.99. The lowest BCUT2D eigenvalue weighted by Gasteiger charge is -2.15. The summed E-state index contributed by atoms with van der Waals surface area (Å²) < 4.78 is 5.70. The third-order valence-corrected chi connectivity index (χ3v) is 4.91. The van der Waals surface area contributed by atoms with Crippen molar-refractivity contribution in [2.75, 3.05) is 39.3 Å². The smallest absolute Gasteiger partial charge is 0.188 e. The normalized spacial score (nSPS) is 13.1. The van der Waals surface area contributed by atoms with E-state index >= 15 is 0 Å². The van der Waals surface area contributed by atoms with Crippen LogP contribution in [0.1, 0.15) is 49.7 Å². The van der Waals surface area contributed by atoms with Gasteiger partial charge in [-0.2, -0.15) is 0 Å². The molecule has 0 aliphatic carbocycles. The number of guanidine groups is 2. The first-order valence-electron chi connectivity index (χ1n) is 11.2. The molecule has 0 saturated heterocycles. The minimum atomic E-state index is 0.0396. The van der Waals surface area contributed by atoms with Crippen LogP contribution in [0.15, 0.2) is 29.3 Å². The third-order valence-electron chi connectivity index (χ3n) is 4.91. The molecular weight excluding hydrogens is 392 g/mol. The standard InChI is InChI=1S/C22H38N8O/c23-21(24)28-11-4-2-1-3-5-12-29-22(25)30-15-16-31-17-18-7-9-19(10-8-18)20-26-13-6-14-27-20/h7-10H,1-6,11-17H2,(H,26,27)(H4,23,24,28)(H3,25,29,30). The van der Waals surface area contributed by atoms with Crippen molar-refractivity contribution in [2.45, 2.75) is 45.1 Å². The van der Waals surface area contributed by atoms with Gasteiger partial charge in [-0.25, -0.2) is 0 Å². The zero-order valence-electron chi connectivity index (χ0n) is 18.4. The van der Waals surface area contributed by atoms with E-state index in [4.69, 9.17) is 21.3 Å². The highest BCUT2D eigenvalue weighted by Gasteiger charge is 2.06. The molecule has 0 atom stereocenters. The van der Waals surface area contributed by atoms with Gasteiger partial charge in [0, 0.05) is 38.3 Å². The summed E-state index contributed by atoms with van der Waals surface area (Å²) in [4.78, 5) is 4.51. The Morgan fingerprint density at radius 1 is 0.968 bits per heavy atom. The molecule has 1 aromatic rings. The second-order valence-corrected chi connectivity index (χ2v) is 7.60. The van der Waals surface area contributed by atoms with Crippen LogP contribution in [0.5, 0.6) is 0 Å². The lowest BCUT2D eigenvalue weighted by atomic mass is 10.1. The van der Waals surface area contributed by atoms with Crippen LogP contribution < -0.4 is 27.0 Å². The molecule has 9 heteroatoms. The number of hydrogen-bond donors (Lipinski definition) is 7. The van der Waals surface area contributed by atoms with Gasteiger partial charge < -0.3 is 31.7 Å². The molecule has 31 heavy (non-hydrogen) atoms. The lowest BCUT2D eigenvalue weighted by molar-refractivity contribution is 0.125. The van der Waals surface area contributed by atoms with Crippen molar-refractivity contribution in [3.63, 3.8) is 0 Å². The van der Waals surface area contributed by atoms with Gasteiger partial charge in [0.05, 0.1) is 13.2 Å². The fourth-order valence-corrected chi connectivity index (χ4v) is 3.20. The molecular formula is C22H38N8O. The number of nitrogens with two attached hydrogens (primary N) is 1. The Hall–Kier alpha value is -2.81. The summed E-state index contributed by atoms with van der Waals surface area (Å²) in [5, 5.41) is 27.2. The lowest BCUT2D eigenvalue weighted by Crippen LogP contribution is -2.38. The minimum absolute atomic E-state index is 0.0396. The maximum atomic E-state index is 7.89. The average Bonchev–Trinajstić information content (AvgIpc) is 2.78. The summed E-state index contributed by atoms with van der Waals surface area (Å²) in [5.74, 6) is 1.37. The minimum Gasteiger partial charge on any atom is -0.375 e. The second-order valence-electron chi connectivity index (χ2n) is 7.60. The number of ether oxygens (including phenoxy) is 1. The van der Waals surface area contributed by atoms with Gasteiger partial charge in [0.1, 0.15) is 5.84 Å². The van der Waals surface area contributed by atoms with Gasteiger partial charge >= 0.3 is 0 Å². The number of nitrogens with one attached hydrogen (secondary N) is 6. The molecule has 0 fully saturated rings. The molecule has 0 radical (unpaired) electrons. The van der Waals surface area contributed by atoms with Crippen molar-refractivity contribution in [2.24, 2.45) is 10.7 Å². The van der Waals surface area contributed by atoms with Crippen LogP contribution in [0.25, 0.3) is 0 Å². The number of hydrogen-bond acceptors (Lipinski definition) is 5. The van der Waals surface area contributed by atoms with Crippen LogP contribution >= 0.6 is 0 Å². The van der Waals surface area contributed by atoms with E-state index < -0.39 is 0 Å². The predicted octanol–water partition coefficient (Wildman–Crippen LogP) is 1.49. The number of aliphatic imine (C=N–C) groups is 1. The van der Waals surface area contributed by atoms with Crippen LogP contribution in [-0.4, -0.2) is 57.1 Å². The molecule has 2 rings (SSSR count). The molecule has 0 aromatic heterocycles. The number of nitrogens with zero attached hydrogens (tertiary/aromatic N) is 1. The Bertz CT molecular complexity index is 689. The fourth-order valence-electron chi connectivity index (χ4n) is 3.20. The van der Waals surface area contributed by atoms with Gasteiger partial charge in [-0.05, 0) is 24.8 Å². The SMILES string of the molecule is N=C(N)NCCCCCCCNC(=N)NCCOCc1ccc(C2=NCCCN2)cc1. The van der Waals surface area contributed by atoms with E-state index in [1.54, 1.807) is 0 Å². The van der Waals surface area contributed by atoms with E-state index in [-0.39, 0.29) is 5.96 Å². The molecule has 1 heterocycles. The van der Waals surface area contributed by atoms with Crippen molar-refractivity contribution in [1.29, 1.82) is 10.8 Å². The molecule has 0 saturated carbocycles. The van der Waals surface area contributed by atoms with Crippen molar-refractivity contribution in [3.8, 4) is 0 Å². The zero-order valence-corrected chi connectivity index (χ0v) is 18.4. The molecule has 0 bridgehead atoms. The topological polar surface area (TPSA) is 143 Å². The summed E-state index contributed by atoms with van der Waals surface area (Å²) >= 11 is 0. The number of benzene rings is 1. The summed E-state index contributed by atoms with van der Waals surface area (Å²) in [6.07, 6.45) is 6.58. The van der Waals surface area contributed by atoms with E-state index in [0.717, 1.165) is 81.7 Å². The quantitative estimate of drug-likeness (QED) is 0.135. The van der Waals surface area contributed by atoms with Crippen LogP contribution in [0, 0.1) is 10.8 Å². The van der Waals surface area contributed by atoms with Crippen molar-refractivity contribution < 1.29 is 4.74 Å². The first-order valence-corrected chi connectivity index (χ1v) is 11.2. The van der Waals surface area contributed by atoms with Crippen LogP contribution in [0.3, 0.4) is 0 Å². The van der Waals surface area contributed by atoms with E-state index in [1.165, 1.54) is 0 Å². The summed E-state index contributed by atoms with van der Waals surface area (Å²) in [6, 6.07) is 8.31. The van der Waals surface area contributed by atoms with Crippen molar-refractivity contribution >= 4 is 17.8 Å². The molecule has 8 N–H and O–H groups in total. The van der Waals surface area contributed by atoms with Crippen molar-refractivity contribution in [3.05, 3.63) is 35.4 Å². The van der Waals surface area contributed by atoms with Crippen LogP contribution in [0.4, 0.5) is 0 Å². The maximum absolute atomic E-state index is 7.89. The summed E-state index contributed by atoms with van der Waals surface area (Å²) in [6.45, 7) is 5.16. The maximum Gasteiger partial charge on any atom is 0.188 e. The Kier molecular flexibility index (Phi) is 11.9. The molecule has 1 aliphatic rings. The zero-order chi connectivity index (χ0) is 22.2. The highest BCUT2D eigenvalue weighted by Crippen LogP contribution is 2.08. The van der Waals surface area contributed by atoms with Gasteiger partial charge in [-0.15, -0.1) is 0 Å². The van der Waals surface area contributed by atoms with Gasteiger partial charge in [-0.1, -0.05) is 43.5 Å². The third kappa shape index (κ3) is 11.2. The predicted molar refractivity (Wildman–Crippen MR) is 127 cm³/mol. The molecule has 1 aromatic carbocycles. The Morgan fingerprint density at radius 2 is 1.65 bits per heavy atom. The average molecular weight is 431 g/mol. The second kappa shape index (κ2) is 15.1. The van der Waals surface area contributed by atoms with Crippen molar-refractivity contribution in [1.82, 2.24) is 21.3 Å². The Labute approximate surface area is 185 Å². The molecule has 9 nitrogen and oxygen atoms in total. The number of rotatable bonds is 14. The Morgan fingerprint density at radius 3 is 2.32 bits per heavy atom. The number of unbranched alkanes of at least 4 members (excludes halogenated alkanes) is 4. The fraction of sp³-hybridized carbons (Fsp3) is 0.591.